The van der Waals surface area contributed by atoms with E-state index < -0.39 is 10.9 Å². The maximum atomic E-state index is 11.6. The van der Waals surface area contributed by atoms with Gasteiger partial charge in [-0.2, -0.15) is 0 Å². The maximum absolute atomic E-state index is 11.6. The third-order valence-corrected chi connectivity index (χ3v) is 2.38. The number of benzene rings is 1. The number of hydrogen-bond acceptors (Lipinski definition) is 6. The van der Waals surface area contributed by atoms with Crippen molar-refractivity contribution in [2.45, 2.75) is 6.92 Å². The number of aromatic nitrogens is 1. The topological polar surface area (TPSA) is 95.5 Å². The van der Waals surface area contributed by atoms with Crippen molar-refractivity contribution in [3.8, 4) is 11.3 Å². The number of hydrogen-bond donors (Lipinski definition) is 0. The van der Waals surface area contributed by atoms with Crippen molar-refractivity contribution < 1.29 is 18.9 Å². The first-order valence-corrected chi connectivity index (χ1v) is 5.49. The summed E-state index contributed by atoms with van der Waals surface area (Å²) >= 11 is 0. The van der Waals surface area contributed by atoms with Crippen molar-refractivity contribution in [2.24, 2.45) is 0 Å². The lowest BCUT2D eigenvalue weighted by atomic mass is 10.1. The molecule has 0 aliphatic carbocycles. The van der Waals surface area contributed by atoms with E-state index in [-0.39, 0.29) is 23.7 Å². The molecular formula is C12H10N2O5. The first kappa shape index (κ1) is 12.7. The van der Waals surface area contributed by atoms with Gasteiger partial charge >= 0.3 is 5.97 Å². The highest BCUT2D eigenvalue weighted by Crippen LogP contribution is 2.25. The lowest BCUT2D eigenvalue weighted by Gasteiger charge is -2.01. The highest BCUT2D eigenvalue weighted by molar-refractivity contribution is 5.93. The molecule has 0 radical (unpaired) electrons. The Hall–Kier alpha value is -2.70. The van der Waals surface area contributed by atoms with E-state index in [4.69, 9.17) is 9.15 Å². The lowest BCUT2D eigenvalue weighted by molar-refractivity contribution is -0.384. The molecule has 0 N–H and O–H groups in total. The van der Waals surface area contributed by atoms with Crippen LogP contribution in [-0.4, -0.2) is 22.5 Å². The predicted octanol–water partition coefficient (Wildman–Crippen LogP) is 2.43. The molecule has 7 heteroatoms. The van der Waals surface area contributed by atoms with Crippen LogP contribution in [0.3, 0.4) is 0 Å². The second-order valence-electron chi connectivity index (χ2n) is 3.55. The van der Waals surface area contributed by atoms with Crippen molar-refractivity contribution in [1.29, 1.82) is 0 Å². The zero-order valence-corrected chi connectivity index (χ0v) is 10.0. The molecule has 2 aromatic rings. The average Bonchev–Trinajstić information content (AvgIpc) is 2.88. The summed E-state index contributed by atoms with van der Waals surface area (Å²) in [5.41, 5.74) is 0.530. The molecule has 7 nitrogen and oxygen atoms in total. The van der Waals surface area contributed by atoms with Gasteiger partial charge in [-0.05, 0) is 19.1 Å². The van der Waals surface area contributed by atoms with Crippen LogP contribution in [0.4, 0.5) is 5.69 Å². The molecule has 1 heterocycles. The summed E-state index contributed by atoms with van der Waals surface area (Å²) in [4.78, 5) is 25.5. The number of ether oxygens (including phenoxy) is 1. The van der Waals surface area contributed by atoms with Crippen LogP contribution in [0.15, 0.2) is 35.1 Å². The quantitative estimate of drug-likeness (QED) is 0.477. The fourth-order valence-electron chi connectivity index (χ4n) is 1.53. The zero-order chi connectivity index (χ0) is 13.8. The van der Waals surface area contributed by atoms with Crippen molar-refractivity contribution in [2.75, 3.05) is 6.61 Å². The standard InChI is InChI=1S/C12H10N2O5/c1-2-18-12(15)10-11(19-7-13-10)8-3-5-9(6-4-8)14(16)17/h3-7H,2H2,1H3. The number of carbonyl (C=O) groups is 1. The van der Waals surface area contributed by atoms with Gasteiger partial charge in [0.05, 0.1) is 11.5 Å². The number of carbonyl (C=O) groups excluding carboxylic acids is 1. The molecule has 0 aliphatic rings. The van der Waals surface area contributed by atoms with Gasteiger partial charge in [0, 0.05) is 17.7 Å². The summed E-state index contributed by atoms with van der Waals surface area (Å²) < 4.78 is 9.98. The van der Waals surface area contributed by atoms with E-state index in [9.17, 15) is 14.9 Å². The molecular weight excluding hydrogens is 252 g/mol. The Balaban J connectivity index is 2.34. The fourth-order valence-corrected chi connectivity index (χ4v) is 1.53. The van der Waals surface area contributed by atoms with E-state index in [1.165, 1.54) is 24.3 Å². The molecule has 0 bridgehead atoms. The van der Waals surface area contributed by atoms with E-state index in [1.807, 2.05) is 0 Å². The Kier molecular flexibility index (Phi) is 3.56. The number of rotatable bonds is 4. The van der Waals surface area contributed by atoms with Gasteiger partial charge in [-0.3, -0.25) is 10.1 Å². The van der Waals surface area contributed by atoms with Crippen LogP contribution in [0.5, 0.6) is 0 Å². The van der Waals surface area contributed by atoms with Gasteiger partial charge in [0.1, 0.15) is 0 Å². The van der Waals surface area contributed by atoms with Crippen molar-refractivity contribution in [1.82, 2.24) is 4.98 Å². The van der Waals surface area contributed by atoms with Crippen LogP contribution in [0.2, 0.25) is 0 Å². The van der Waals surface area contributed by atoms with Crippen molar-refractivity contribution >= 4 is 11.7 Å². The monoisotopic (exact) mass is 262 g/mol. The summed E-state index contributed by atoms with van der Waals surface area (Å²) in [6.07, 6.45) is 1.13. The van der Waals surface area contributed by atoms with E-state index in [1.54, 1.807) is 6.92 Å². The van der Waals surface area contributed by atoms with Gasteiger partial charge in [0.25, 0.3) is 5.69 Å². The maximum Gasteiger partial charge on any atom is 0.360 e. The third-order valence-electron chi connectivity index (χ3n) is 2.38. The van der Waals surface area contributed by atoms with Crippen LogP contribution < -0.4 is 0 Å². The molecule has 0 saturated carbocycles. The summed E-state index contributed by atoms with van der Waals surface area (Å²) in [5.74, 6) is -0.363. The van der Waals surface area contributed by atoms with E-state index in [0.29, 0.717) is 5.56 Å². The average molecular weight is 262 g/mol. The second-order valence-corrected chi connectivity index (χ2v) is 3.55. The molecule has 0 spiro atoms. The number of esters is 1. The summed E-state index contributed by atoms with van der Waals surface area (Å²) in [5, 5.41) is 10.6. The molecule has 0 unspecified atom stereocenters. The SMILES string of the molecule is CCOC(=O)c1ncoc1-c1ccc([N+](=O)[O-])cc1. The van der Waals surface area contributed by atoms with Gasteiger partial charge < -0.3 is 9.15 Å². The highest BCUT2D eigenvalue weighted by atomic mass is 16.6. The molecule has 2 rings (SSSR count). The van der Waals surface area contributed by atoms with Gasteiger partial charge in [0.2, 0.25) is 0 Å². The number of nitro benzene ring substituents is 1. The van der Waals surface area contributed by atoms with Crippen molar-refractivity contribution in [3.63, 3.8) is 0 Å². The number of oxazole rings is 1. The Morgan fingerprint density at radius 2 is 2.11 bits per heavy atom. The molecule has 1 aromatic carbocycles. The molecule has 1 aromatic heterocycles. The summed E-state index contributed by atoms with van der Waals surface area (Å²) in [6.45, 7) is 1.91. The lowest BCUT2D eigenvalue weighted by Crippen LogP contribution is -2.06. The minimum absolute atomic E-state index is 0.0408. The fraction of sp³-hybridized carbons (Fsp3) is 0.167. The Labute approximate surface area is 108 Å². The summed E-state index contributed by atoms with van der Waals surface area (Å²) in [7, 11) is 0. The van der Waals surface area contributed by atoms with E-state index >= 15 is 0 Å². The Bertz CT molecular complexity index is 603. The highest BCUT2D eigenvalue weighted by Gasteiger charge is 2.19. The normalized spacial score (nSPS) is 10.2. The van der Waals surface area contributed by atoms with Crippen LogP contribution in [0.1, 0.15) is 17.4 Å². The molecule has 19 heavy (non-hydrogen) atoms. The van der Waals surface area contributed by atoms with Crippen LogP contribution in [0.25, 0.3) is 11.3 Å². The number of nitro groups is 1. The number of non-ortho nitro benzene ring substituents is 1. The van der Waals surface area contributed by atoms with Gasteiger partial charge in [0.15, 0.2) is 17.8 Å². The molecule has 0 atom stereocenters. The molecule has 98 valence electrons. The van der Waals surface area contributed by atoms with Gasteiger partial charge in [-0.1, -0.05) is 0 Å². The third kappa shape index (κ3) is 2.59. The second kappa shape index (κ2) is 5.30. The minimum atomic E-state index is -0.593. The van der Waals surface area contributed by atoms with Crippen LogP contribution in [0, 0.1) is 10.1 Å². The predicted molar refractivity (Wildman–Crippen MR) is 64.5 cm³/mol. The molecule has 0 fully saturated rings. The van der Waals surface area contributed by atoms with Gasteiger partial charge in [-0.25, -0.2) is 9.78 Å². The van der Waals surface area contributed by atoms with Crippen molar-refractivity contribution in [3.05, 3.63) is 46.5 Å². The van der Waals surface area contributed by atoms with E-state index in [0.717, 1.165) is 6.39 Å². The first-order valence-electron chi connectivity index (χ1n) is 5.49. The van der Waals surface area contributed by atoms with E-state index in [2.05, 4.69) is 4.98 Å². The smallest absolute Gasteiger partial charge is 0.360 e. The van der Waals surface area contributed by atoms with Gasteiger partial charge in [-0.15, -0.1) is 0 Å². The summed E-state index contributed by atoms with van der Waals surface area (Å²) in [6, 6.07) is 5.63. The van der Waals surface area contributed by atoms with Crippen LogP contribution in [-0.2, 0) is 4.74 Å². The molecule has 0 aliphatic heterocycles. The zero-order valence-electron chi connectivity index (χ0n) is 10.0. The Morgan fingerprint density at radius 1 is 1.42 bits per heavy atom. The molecule has 0 saturated heterocycles. The number of nitrogens with zero attached hydrogens (tertiary/aromatic N) is 2. The minimum Gasteiger partial charge on any atom is -0.461 e. The largest absolute Gasteiger partial charge is 0.461 e. The van der Waals surface area contributed by atoms with Crippen LogP contribution >= 0.6 is 0 Å². The molecule has 0 amide bonds. The first-order chi connectivity index (χ1) is 9.13. The Morgan fingerprint density at radius 3 is 2.68 bits per heavy atom.